The van der Waals surface area contributed by atoms with Crippen LogP contribution in [0.4, 0.5) is 0 Å². The van der Waals surface area contributed by atoms with Crippen molar-refractivity contribution in [2.24, 2.45) is 0 Å². The lowest BCUT2D eigenvalue weighted by Gasteiger charge is -2.05. The van der Waals surface area contributed by atoms with Crippen molar-refractivity contribution < 1.29 is 9.15 Å². The fraction of sp³-hybridized carbons (Fsp3) is 0.150. The van der Waals surface area contributed by atoms with Crippen molar-refractivity contribution in [3.63, 3.8) is 0 Å². The molecule has 2 heterocycles. The third-order valence-electron chi connectivity index (χ3n) is 3.77. The molecule has 0 unspecified atom stereocenters. The molecule has 0 aliphatic carbocycles. The Hall–Kier alpha value is -2.28. The molecule has 5 nitrogen and oxygen atoms in total. The molecule has 142 valence electrons. The summed E-state index contributed by atoms with van der Waals surface area (Å²) in [6.07, 6.45) is 0.851. The number of rotatable bonds is 6. The molecule has 28 heavy (non-hydrogen) atoms. The number of benzene rings is 2. The second-order valence-electron chi connectivity index (χ2n) is 5.88. The van der Waals surface area contributed by atoms with Crippen LogP contribution in [0.15, 0.2) is 63.0 Å². The van der Waals surface area contributed by atoms with Crippen LogP contribution in [-0.2, 0) is 0 Å². The van der Waals surface area contributed by atoms with Gasteiger partial charge in [0.15, 0.2) is 10.7 Å². The van der Waals surface area contributed by atoms with Gasteiger partial charge in [0.05, 0.1) is 16.7 Å². The predicted octanol–water partition coefficient (Wildman–Crippen LogP) is 6.53. The SMILES string of the molecule is CCCOc1nc(Sc2ccccc2)nc2oc(-c3ccc(Cl)c(Cl)c3)nc12. The third kappa shape index (κ3) is 4.09. The van der Waals surface area contributed by atoms with E-state index < -0.39 is 0 Å². The van der Waals surface area contributed by atoms with Crippen molar-refractivity contribution in [2.45, 2.75) is 23.4 Å². The van der Waals surface area contributed by atoms with Crippen molar-refractivity contribution >= 4 is 46.2 Å². The van der Waals surface area contributed by atoms with Gasteiger partial charge in [-0.25, -0.2) is 4.98 Å². The summed E-state index contributed by atoms with van der Waals surface area (Å²) in [6.45, 7) is 2.55. The van der Waals surface area contributed by atoms with Crippen LogP contribution in [0.25, 0.3) is 22.7 Å². The molecule has 0 saturated heterocycles. The maximum absolute atomic E-state index is 6.12. The van der Waals surface area contributed by atoms with Crippen LogP contribution in [0, 0.1) is 0 Å². The average Bonchev–Trinajstić information content (AvgIpc) is 3.13. The highest BCUT2D eigenvalue weighted by molar-refractivity contribution is 7.99. The van der Waals surface area contributed by atoms with Gasteiger partial charge in [0.1, 0.15) is 0 Å². The zero-order chi connectivity index (χ0) is 19.5. The zero-order valence-corrected chi connectivity index (χ0v) is 17.2. The molecule has 0 atom stereocenters. The standard InChI is InChI=1S/C20H15Cl2N3O2S/c1-2-10-26-18-16-19(25-20(24-18)28-13-6-4-3-5-7-13)27-17(23-16)12-8-9-14(21)15(22)11-12/h3-9,11H,2,10H2,1H3. The largest absolute Gasteiger partial charge is 0.476 e. The summed E-state index contributed by atoms with van der Waals surface area (Å²) in [6, 6.07) is 15.1. The molecule has 0 saturated carbocycles. The number of nitrogens with zero attached hydrogens (tertiary/aromatic N) is 3. The van der Waals surface area contributed by atoms with Crippen molar-refractivity contribution in [2.75, 3.05) is 6.61 Å². The number of hydrogen-bond donors (Lipinski definition) is 0. The van der Waals surface area contributed by atoms with Gasteiger partial charge in [0.2, 0.25) is 11.8 Å². The van der Waals surface area contributed by atoms with Crippen molar-refractivity contribution in [1.29, 1.82) is 0 Å². The first-order valence-electron chi connectivity index (χ1n) is 8.63. The van der Waals surface area contributed by atoms with E-state index in [0.29, 0.717) is 50.4 Å². The molecule has 0 aliphatic heterocycles. The number of halogens is 2. The monoisotopic (exact) mass is 431 g/mol. The summed E-state index contributed by atoms with van der Waals surface area (Å²) >= 11 is 13.6. The van der Waals surface area contributed by atoms with Crippen LogP contribution in [0.1, 0.15) is 13.3 Å². The minimum absolute atomic E-state index is 0.362. The van der Waals surface area contributed by atoms with E-state index in [4.69, 9.17) is 32.4 Å². The Bertz CT molecular complexity index is 1120. The van der Waals surface area contributed by atoms with Crippen LogP contribution in [-0.4, -0.2) is 21.6 Å². The van der Waals surface area contributed by atoms with E-state index >= 15 is 0 Å². The van der Waals surface area contributed by atoms with Crippen LogP contribution >= 0.6 is 35.0 Å². The summed E-state index contributed by atoms with van der Waals surface area (Å²) in [5.74, 6) is 0.784. The van der Waals surface area contributed by atoms with Gasteiger partial charge in [0, 0.05) is 10.5 Å². The molecule has 0 bridgehead atoms. The van der Waals surface area contributed by atoms with Crippen molar-refractivity contribution in [3.05, 3.63) is 58.6 Å². The van der Waals surface area contributed by atoms with Crippen LogP contribution in [0.2, 0.25) is 10.0 Å². The first kappa shape index (κ1) is 19.1. The van der Waals surface area contributed by atoms with Gasteiger partial charge >= 0.3 is 0 Å². The Morgan fingerprint density at radius 2 is 1.82 bits per heavy atom. The zero-order valence-electron chi connectivity index (χ0n) is 14.9. The smallest absolute Gasteiger partial charge is 0.255 e. The summed E-state index contributed by atoms with van der Waals surface area (Å²) in [7, 11) is 0. The summed E-state index contributed by atoms with van der Waals surface area (Å²) in [4.78, 5) is 14.6. The normalized spacial score (nSPS) is 11.1. The Balaban J connectivity index is 1.77. The molecule has 2 aromatic heterocycles. The Morgan fingerprint density at radius 1 is 1.00 bits per heavy atom. The first-order chi connectivity index (χ1) is 13.6. The van der Waals surface area contributed by atoms with Crippen molar-refractivity contribution in [1.82, 2.24) is 15.0 Å². The molecule has 4 rings (SSSR count). The maximum atomic E-state index is 6.12. The molecule has 4 aromatic rings. The summed E-state index contributed by atoms with van der Waals surface area (Å²) < 4.78 is 11.7. The third-order valence-corrected chi connectivity index (χ3v) is 5.38. The second kappa shape index (κ2) is 8.39. The van der Waals surface area contributed by atoms with E-state index in [1.165, 1.54) is 11.8 Å². The highest BCUT2D eigenvalue weighted by Crippen LogP contribution is 2.34. The fourth-order valence-corrected chi connectivity index (χ4v) is 3.53. The molecule has 0 amide bonds. The van der Waals surface area contributed by atoms with Gasteiger partial charge in [-0.05, 0) is 48.5 Å². The van der Waals surface area contributed by atoms with E-state index in [0.717, 1.165) is 11.3 Å². The Labute approximate surface area is 176 Å². The fourth-order valence-electron chi connectivity index (χ4n) is 2.47. The van der Waals surface area contributed by atoms with Gasteiger partial charge in [-0.3, -0.25) is 0 Å². The molecular weight excluding hydrogens is 417 g/mol. The number of aromatic nitrogens is 3. The van der Waals surface area contributed by atoms with Crippen molar-refractivity contribution in [3.8, 4) is 17.3 Å². The maximum Gasteiger partial charge on any atom is 0.255 e. The summed E-state index contributed by atoms with van der Waals surface area (Å²) in [5.41, 5.74) is 1.54. The minimum atomic E-state index is 0.362. The molecule has 0 spiro atoms. The lowest BCUT2D eigenvalue weighted by atomic mass is 10.2. The second-order valence-corrected chi connectivity index (χ2v) is 7.73. The molecular formula is C20H15Cl2N3O2S. The average molecular weight is 432 g/mol. The molecule has 0 radical (unpaired) electrons. The molecule has 8 heteroatoms. The van der Waals surface area contributed by atoms with E-state index in [-0.39, 0.29) is 0 Å². The first-order valence-corrected chi connectivity index (χ1v) is 10.2. The van der Waals surface area contributed by atoms with E-state index in [9.17, 15) is 0 Å². The highest BCUT2D eigenvalue weighted by atomic mass is 35.5. The number of fused-ring (bicyclic) bond motifs is 1. The number of oxazole rings is 1. The quantitative estimate of drug-likeness (QED) is 0.323. The molecule has 0 aliphatic rings. The number of hydrogen-bond acceptors (Lipinski definition) is 6. The van der Waals surface area contributed by atoms with Gasteiger partial charge in [-0.1, -0.05) is 48.3 Å². The molecule has 0 N–H and O–H groups in total. The topological polar surface area (TPSA) is 61.0 Å². The van der Waals surface area contributed by atoms with Crippen LogP contribution < -0.4 is 4.74 Å². The Kier molecular flexibility index (Phi) is 5.71. The number of ether oxygens (including phenoxy) is 1. The predicted molar refractivity (Wildman–Crippen MR) is 111 cm³/mol. The highest BCUT2D eigenvalue weighted by Gasteiger charge is 2.18. The molecule has 2 aromatic carbocycles. The van der Waals surface area contributed by atoms with E-state index in [2.05, 4.69) is 15.0 Å². The lowest BCUT2D eigenvalue weighted by molar-refractivity contribution is 0.305. The van der Waals surface area contributed by atoms with Gasteiger partial charge in [-0.2, -0.15) is 9.97 Å². The van der Waals surface area contributed by atoms with E-state index in [1.807, 2.05) is 37.3 Å². The Morgan fingerprint density at radius 3 is 2.57 bits per heavy atom. The minimum Gasteiger partial charge on any atom is -0.476 e. The van der Waals surface area contributed by atoms with Gasteiger partial charge in [-0.15, -0.1) is 0 Å². The van der Waals surface area contributed by atoms with E-state index in [1.54, 1.807) is 18.2 Å². The summed E-state index contributed by atoms with van der Waals surface area (Å²) in [5, 5.41) is 1.42. The van der Waals surface area contributed by atoms with Crippen LogP contribution in [0.5, 0.6) is 5.88 Å². The van der Waals surface area contributed by atoms with Gasteiger partial charge in [0.25, 0.3) is 5.71 Å². The molecule has 0 fully saturated rings. The van der Waals surface area contributed by atoms with Gasteiger partial charge < -0.3 is 9.15 Å². The van der Waals surface area contributed by atoms with Crippen LogP contribution in [0.3, 0.4) is 0 Å². The lowest BCUT2D eigenvalue weighted by Crippen LogP contribution is -2.00.